The first-order chi connectivity index (χ1) is 14.1. The van der Waals surface area contributed by atoms with E-state index in [2.05, 4.69) is 0 Å². The van der Waals surface area contributed by atoms with Crippen molar-refractivity contribution in [2.45, 2.75) is 42.9 Å². The molecule has 1 fully saturated rings. The van der Waals surface area contributed by atoms with Crippen LogP contribution in [0.15, 0.2) is 53.6 Å². The molecule has 4 rings (SSSR count). The van der Waals surface area contributed by atoms with E-state index >= 15 is 0 Å². The van der Waals surface area contributed by atoms with Crippen molar-refractivity contribution in [3.8, 4) is 0 Å². The van der Waals surface area contributed by atoms with E-state index in [1.54, 1.807) is 23.9 Å². The average molecular weight is 431 g/mol. The van der Waals surface area contributed by atoms with Gasteiger partial charge in [-0.15, -0.1) is 11.8 Å². The van der Waals surface area contributed by atoms with Gasteiger partial charge >= 0.3 is 0 Å². The summed E-state index contributed by atoms with van der Waals surface area (Å²) >= 11 is 7.73. The molecule has 2 aromatic carbocycles. The van der Waals surface area contributed by atoms with Crippen LogP contribution in [0.5, 0.6) is 0 Å². The molecule has 0 unspecified atom stereocenters. The second kappa shape index (κ2) is 9.23. The fourth-order valence-electron chi connectivity index (χ4n) is 3.84. The second-order valence-electron chi connectivity index (χ2n) is 7.42. The van der Waals surface area contributed by atoms with E-state index < -0.39 is 0 Å². The van der Waals surface area contributed by atoms with Crippen LogP contribution < -0.4 is 0 Å². The minimum atomic E-state index is -0.287. The van der Waals surface area contributed by atoms with Gasteiger partial charge in [0.2, 0.25) is 5.91 Å². The van der Waals surface area contributed by atoms with Crippen molar-refractivity contribution < 1.29 is 9.18 Å². The molecule has 1 aliphatic heterocycles. The van der Waals surface area contributed by atoms with Gasteiger partial charge in [-0.05, 0) is 31.0 Å². The standard InChI is InChI=1S/C23H24ClFN2OS/c24-19-9-7-10-20(25)18(19)16-29-22-14-27(21-11-4-3-8-17(21)22)15-23(28)26-12-5-1-2-6-13-26/h3-4,7-11,14H,1-2,5-6,12-13,15-16H2. The molecule has 6 heteroatoms. The van der Waals surface area contributed by atoms with Gasteiger partial charge in [0, 0.05) is 51.4 Å². The van der Waals surface area contributed by atoms with E-state index in [9.17, 15) is 9.18 Å². The number of fused-ring (bicyclic) bond motifs is 1. The Labute approximate surface area is 179 Å². The summed E-state index contributed by atoms with van der Waals surface area (Å²) in [5.74, 6) is 0.325. The highest BCUT2D eigenvalue weighted by molar-refractivity contribution is 7.98. The van der Waals surface area contributed by atoms with Crippen molar-refractivity contribution in [1.82, 2.24) is 9.47 Å². The molecule has 2 heterocycles. The van der Waals surface area contributed by atoms with Gasteiger partial charge < -0.3 is 9.47 Å². The Hall–Kier alpha value is -1.98. The normalized spacial score (nSPS) is 14.9. The lowest BCUT2D eigenvalue weighted by atomic mass is 10.2. The van der Waals surface area contributed by atoms with E-state index in [4.69, 9.17) is 11.6 Å². The first-order valence-electron chi connectivity index (χ1n) is 10.0. The van der Waals surface area contributed by atoms with Crippen LogP contribution in [-0.2, 0) is 17.1 Å². The number of carbonyl (C=O) groups excluding carboxylic acids is 1. The van der Waals surface area contributed by atoms with Crippen molar-refractivity contribution in [3.05, 3.63) is 65.1 Å². The molecule has 29 heavy (non-hydrogen) atoms. The van der Waals surface area contributed by atoms with Crippen LogP contribution >= 0.6 is 23.4 Å². The van der Waals surface area contributed by atoms with Gasteiger partial charge in [0.15, 0.2) is 0 Å². The fraction of sp³-hybridized carbons (Fsp3) is 0.348. The molecular weight excluding hydrogens is 407 g/mol. The largest absolute Gasteiger partial charge is 0.341 e. The first kappa shape index (κ1) is 20.3. The fourth-order valence-corrected chi connectivity index (χ4v) is 5.28. The highest BCUT2D eigenvalue weighted by Gasteiger charge is 2.18. The summed E-state index contributed by atoms with van der Waals surface area (Å²) in [7, 11) is 0. The van der Waals surface area contributed by atoms with Crippen molar-refractivity contribution in [2.24, 2.45) is 0 Å². The maximum absolute atomic E-state index is 14.1. The molecule has 1 amide bonds. The highest BCUT2D eigenvalue weighted by atomic mass is 35.5. The zero-order valence-electron chi connectivity index (χ0n) is 16.2. The number of likely N-dealkylation sites (tertiary alicyclic amines) is 1. The molecule has 3 aromatic rings. The monoisotopic (exact) mass is 430 g/mol. The summed E-state index contributed by atoms with van der Waals surface area (Å²) in [6.07, 6.45) is 6.59. The predicted molar refractivity (Wildman–Crippen MR) is 118 cm³/mol. The van der Waals surface area contributed by atoms with Crippen molar-refractivity contribution in [2.75, 3.05) is 13.1 Å². The highest BCUT2D eigenvalue weighted by Crippen LogP contribution is 2.34. The van der Waals surface area contributed by atoms with E-state index in [0.29, 0.717) is 22.9 Å². The van der Waals surface area contributed by atoms with E-state index in [-0.39, 0.29) is 11.7 Å². The smallest absolute Gasteiger partial charge is 0.242 e. The number of hydrogen-bond acceptors (Lipinski definition) is 2. The molecule has 0 bridgehead atoms. The third-order valence-electron chi connectivity index (χ3n) is 5.45. The Balaban J connectivity index is 1.56. The quantitative estimate of drug-likeness (QED) is 0.455. The van der Waals surface area contributed by atoms with Gasteiger partial charge in [0.25, 0.3) is 0 Å². The van der Waals surface area contributed by atoms with Gasteiger partial charge in [-0.25, -0.2) is 4.39 Å². The number of thioether (sulfide) groups is 1. The minimum Gasteiger partial charge on any atom is -0.341 e. The molecule has 152 valence electrons. The molecule has 0 aliphatic carbocycles. The zero-order chi connectivity index (χ0) is 20.2. The molecule has 0 radical (unpaired) electrons. The zero-order valence-corrected chi connectivity index (χ0v) is 17.8. The van der Waals surface area contributed by atoms with Crippen LogP contribution in [-0.4, -0.2) is 28.5 Å². The van der Waals surface area contributed by atoms with Crippen molar-refractivity contribution >= 4 is 40.2 Å². The Morgan fingerprint density at radius 3 is 2.55 bits per heavy atom. The Morgan fingerprint density at radius 2 is 1.79 bits per heavy atom. The summed E-state index contributed by atoms with van der Waals surface area (Å²) in [6.45, 7) is 2.04. The van der Waals surface area contributed by atoms with Crippen LogP contribution in [0.4, 0.5) is 4.39 Å². The summed E-state index contributed by atoms with van der Waals surface area (Å²) in [5.41, 5.74) is 1.54. The van der Waals surface area contributed by atoms with E-state index in [1.807, 2.05) is 39.9 Å². The number of rotatable bonds is 5. The number of para-hydroxylation sites is 1. The summed E-state index contributed by atoms with van der Waals surface area (Å²) in [4.78, 5) is 15.9. The lowest BCUT2D eigenvalue weighted by Gasteiger charge is -2.20. The average Bonchev–Trinajstić information content (AvgIpc) is 2.89. The first-order valence-corrected chi connectivity index (χ1v) is 11.4. The van der Waals surface area contributed by atoms with Gasteiger partial charge in [-0.3, -0.25) is 4.79 Å². The van der Waals surface area contributed by atoms with E-state index in [1.165, 1.54) is 18.9 Å². The Kier molecular flexibility index (Phi) is 6.46. The molecule has 0 atom stereocenters. The molecule has 0 N–H and O–H groups in total. The summed E-state index contributed by atoms with van der Waals surface area (Å²) < 4.78 is 16.2. The lowest BCUT2D eigenvalue weighted by molar-refractivity contribution is -0.131. The third kappa shape index (κ3) is 4.62. The van der Waals surface area contributed by atoms with Gasteiger partial charge in [-0.2, -0.15) is 0 Å². The lowest BCUT2D eigenvalue weighted by Crippen LogP contribution is -2.34. The topological polar surface area (TPSA) is 25.2 Å². The van der Waals surface area contributed by atoms with Crippen molar-refractivity contribution in [1.29, 1.82) is 0 Å². The van der Waals surface area contributed by atoms with Gasteiger partial charge in [-0.1, -0.05) is 48.7 Å². The minimum absolute atomic E-state index is 0.168. The van der Waals surface area contributed by atoms with Crippen LogP contribution in [0.25, 0.3) is 10.9 Å². The molecular formula is C23H24ClFN2OS. The van der Waals surface area contributed by atoms with Crippen LogP contribution in [0, 0.1) is 5.82 Å². The number of aromatic nitrogens is 1. The molecule has 3 nitrogen and oxygen atoms in total. The number of benzene rings is 2. The third-order valence-corrected chi connectivity index (χ3v) is 6.87. The van der Waals surface area contributed by atoms with Crippen LogP contribution in [0.1, 0.15) is 31.2 Å². The van der Waals surface area contributed by atoms with Gasteiger partial charge in [0.05, 0.1) is 0 Å². The molecule has 1 aromatic heterocycles. The predicted octanol–water partition coefficient (Wildman–Crippen LogP) is 6.13. The number of nitrogens with zero attached hydrogens (tertiary/aromatic N) is 2. The number of hydrogen-bond donors (Lipinski definition) is 0. The van der Waals surface area contributed by atoms with E-state index in [0.717, 1.165) is 41.7 Å². The summed E-state index contributed by atoms with van der Waals surface area (Å²) in [6, 6.07) is 12.8. The molecule has 0 spiro atoms. The SMILES string of the molecule is O=C(Cn1cc(SCc2c(F)cccc2Cl)c2ccccc21)N1CCCCCC1. The summed E-state index contributed by atoms with van der Waals surface area (Å²) in [5, 5.41) is 1.52. The number of carbonyl (C=O) groups is 1. The molecule has 1 aliphatic rings. The number of halogens is 2. The Bertz CT molecular complexity index is 991. The second-order valence-corrected chi connectivity index (χ2v) is 8.85. The van der Waals surface area contributed by atoms with Crippen LogP contribution in [0.3, 0.4) is 0 Å². The number of amides is 1. The van der Waals surface area contributed by atoms with Gasteiger partial charge in [0.1, 0.15) is 12.4 Å². The van der Waals surface area contributed by atoms with Crippen LogP contribution in [0.2, 0.25) is 5.02 Å². The maximum atomic E-state index is 14.1. The Morgan fingerprint density at radius 1 is 1.03 bits per heavy atom. The molecule has 0 saturated carbocycles. The van der Waals surface area contributed by atoms with Crippen molar-refractivity contribution in [3.63, 3.8) is 0 Å². The maximum Gasteiger partial charge on any atom is 0.242 e. The molecule has 1 saturated heterocycles.